The number of alkyl halides is 3. The summed E-state index contributed by atoms with van der Waals surface area (Å²) in [5.41, 5.74) is -0.954. The number of carbonyl (C=O) groups excluding carboxylic acids is 3. The predicted molar refractivity (Wildman–Crippen MR) is 141 cm³/mol. The van der Waals surface area contributed by atoms with E-state index in [4.69, 9.17) is 4.74 Å². The Hall–Kier alpha value is -4.81. The molecule has 3 aromatic rings. The molecule has 214 valence electrons. The van der Waals surface area contributed by atoms with Crippen LogP contribution in [0, 0.1) is 5.92 Å². The monoisotopic (exact) mass is 570 g/mol. The van der Waals surface area contributed by atoms with Crippen LogP contribution in [0.2, 0.25) is 0 Å². The van der Waals surface area contributed by atoms with Gasteiger partial charge in [-0.05, 0) is 68.1 Å². The zero-order valence-electron chi connectivity index (χ0n) is 21.9. The molecule has 3 heterocycles. The lowest BCUT2D eigenvalue weighted by Crippen LogP contribution is -2.53. The third kappa shape index (κ3) is 5.88. The van der Waals surface area contributed by atoms with E-state index in [1.165, 1.54) is 66.7 Å². The van der Waals surface area contributed by atoms with E-state index in [9.17, 15) is 32.8 Å². The van der Waals surface area contributed by atoms with Gasteiger partial charge in [0.25, 0.3) is 0 Å². The highest BCUT2D eigenvalue weighted by Crippen LogP contribution is 2.44. The maximum Gasteiger partial charge on any atom is 0.418 e. The van der Waals surface area contributed by atoms with Gasteiger partial charge in [0, 0.05) is 41.2 Å². The molecule has 6 rings (SSSR count). The first kappa shape index (κ1) is 27.7. The molecule has 1 aromatic heterocycles. The molecule has 3 fully saturated rings. The molecule has 13 heteroatoms. The van der Waals surface area contributed by atoms with Gasteiger partial charge in [-0.15, -0.1) is 0 Å². The second kappa shape index (κ2) is 11.0. The summed E-state index contributed by atoms with van der Waals surface area (Å²) in [6.07, 6.45) is -0.749. The minimum Gasteiger partial charge on any atom is -0.457 e. The first-order valence-electron chi connectivity index (χ1n) is 12.9. The Morgan fingerprint density at radius 3 is 2.24 bits per heavy atom. The van der Waals surface area contributed by atoms with Crippen molar-refractivity contribution in [1.29, 1.82) is 0 Å². The van der Waals surface area contributed by atoms with Crippen molar-refractivity contribution in [2.45, 2.75) is 37.9 Å². The summed E-state index contributed by atoms with van der Waals surface area (Å²) in [5, 5.41) is 17.1. The maximum atomic E-state index is 14.0. The average Bonchev–Trinajstić information content (AvgIpc) is 2.95. The van der Waals surface area contributed by atoms with Crippen molar-refractivity contribution in [3.63, 3.8) is 0 Å². The largest absolute Gasteiger partial charge is 0.457 e. The van der Waals surface area contributed by atoms with Crippen LogP contribution >= 0.6 is 0 Å². The fourth-order valence-corrected chi connectivity index (χ4v) is 5.19. The van der Waals surface area contributed by atoms with Crippen molar-refractivity contribution in [3.05, 3.63) is 72.1 Å². The lowest BCUT2D eigenvalue weighted by molar-refractivity contribution is -0.905. The number of aromatic nitrogens is 1. The molecule has 4 amide bonds. The highest BCUT2D eigenvalue weighted by molar-refractivity contribution is 6.01. The van der Waals surface area contributed by atoms with Gasteiger partial charge in [-0.3, -0.25) is 14.8 Å². The third-order valence-corrected chi connectivity index (χ3v) is 7.18. The van der Waals surface area contributed by atoms with Crippen LogP contribution in [0.4, 0.5) is 35.0 Å². The summed E-state index contributed by atoms with van der Waals surface area (Å²) in [4.78, 5) is 38.5. The Bertz CT molecular complexity index is 1490. The smallest absolute Gasteiger partial charge is 0.418 e. The first-order chi connectivity index (χ1) is 19.5. The summed E-state index contributed by atoms with van der Waals surface area (Å²) < 4.78 is 48.4. The lowest BCUT2D eigenvalue weighted by atomic mass is 9.78. The SMILES string of the molecule is CNC(=O)c1cc(Oc2ccc(NC(=O)Nc3ccc(N4C(=O)C5CCC4CC5)c(C(F)(F)F)c3)cc2)cc[n+]1O. The number of carbonyl (C=O) groups is 3. The van der Waals surface area contributed by atoms with Gasteiger partial charge in [0.05, 0.1) is 17.3 Å². The molecule has 2 saturated heterocycles. The van der Waals surface area contributed by atoms with Crippen LogP contribution in [-0.4, -0.2) is 36.1 Å². The number of ether oxygens (including phenoxy) is 1. The standard InChI is InChI=1S/C28H26F3N5O5/c1-32-25(37)24-15-21(12-13-35(24)40)41-20-9-4-17(5-10-20)33-27(39)34-18-6-11-23(22(14-18)28(29,30)31)36-19-7-2-16(3-8-19)26(36)38/h4-6,9-16,19H,2-3,7-8H2,1H3,(H3-,32,33,34,37,39,40)/p+1. The van der Waals surface area contributed by atoms with E-state index in [0.29, 0.717) is 41.9 Å². The second-order valence-corrected chi connectivity index (χ2v) is 9.82. The molecule has 1 aliphatic carbocycles. The number of benzene rings is 2. The van der Waals surface area contributed by atoms with E-state index in [0.717, 1.165) is 6.07 Å². The summed E-state index contributed by atoms with van der Waals surface area (Å²) in [5.74, 6) is -0.412. The summed E-state index contributed by atoms with van der Waals surface area (Å²) >= 11 is 0. The van der Waals surface area contributed by atoms with E-state index < -0.39 is 23.7 Å². The average molecular weight is 571 g/mol. The van der Waals surface area contributed by atoms with Crippen molar-refractivity contribution in [2.75, 3.05) is 22.6 Å². The highest BCUT2D eigenvalue weighted by atomic mass is 19.4. The van der Waals surface area contributed by atoms with E-state index >= 15 is 0 Å². The number of halogens is 3. The Morgan fingerprint density at radius 1 is 0.951 bits per heavy atom. The van der Waals surface area contributed by atoms with Crippen LogP contribution in [0.15, 0.2) is 60.8 Å². The number of nitrogens with zero attached hydrogens (tertiary/aromatic N) is 2. The number of urea groups is 1. The number of nitrogens with one attached hydrogen (secondary N) is 3. The normalized spacial score (nSPS) is 18.1. The molecule has 0 radical (unpaired) electrons. The number of hydrogen-bond donors (Lipinski definition) is 4. The third-order valence-electron chi connectivity index (χ3n) is 7.18. The molecule has 4 N–H and O–H groups in total. The summed E-state index contributed by atoms with van der Waals surface area (Å²) in [7, 11) is 1.42. The molecule has 2 bridgehead atoms. The van der Waals surface area contributed by atoms with Crippen molar-refractivity contribution in [2.24, 2.45) is 5.92 Å². The number of hydrogen-bond acceptors (Lipinski definition) is 5. The molecule has 41 heavy (non-hydrogen) atoms. The van der Waals surface area contributed by atoms with Crippen molar-refractivity contribution in [1.82, 2.24) is 5.32 Å². The van der Waals surface area contributed by atoms with Gasteiger partial charge in [0.1, 0.15) is 11.5 Å². The molecule has 0 unspecified atom stereocenters. The van der Waals surface area contributed by atoms with Crippen molar-refractivity contribution >= 4 is 34.9 Å². The van der Waals surface area contributed by atoms with Crippen LogP contribution in [0.5, 0.6) is 11.5 Å². The van der Waals surface area contributed by atoms with E-state index in [-0.39, 0.29) is 40.7 Å². The quantitative estimate of drug-likeness (QED) is 0.247. The van der Waals surface area contributed by atoms with Gasteiger partial charge < -0.3 is 25.6 Å². The predicted octanol–water partition coefficient (Wildman–Crippen LogP) is 4.93. The topological polar surface area (TPSA) is 124 Å². The Morgan fingerprint density at radius 2 is 1.61 bits per heavy atom. The van der Waals surface area contributed by atoms with Crippen molar-refractivity contribution < 1.29 is 42.2 Å². The molecule has 0 spiro atoms. The van der Waals surface area contributed by atoms with Crippen LogP contribution in [0.3, 0.4) is 0 Å². The Kier molecular flexibility index (Phi) is 7.43. The molecular formula is C28H27F3N5O5+. The fraction of sp³-hybridized carbons (Fsp3) is 0.286. The van der Waals surface area contributed by atoms with Gasteiger partial charge in [0.2, 0.25) is 12.1 Å². The Labute approximate surface area is 232 Å². The van der Waals surface area contributed by atoms with Gasteiger partial charge in [-0.25, -0.2) is 4.79 Å². The van der Waals surface area contributed by atoms with Crippen LogP contribution in [0.25, 0.3) is 0 Å². The zero-order valence-corrected chi connectivity index (χ0v) is 21.9. The molecular weight excluding hydrogens is 543 g/mol. The van der Waals surface area contributed by atoms with Crippen LogP contribution in [0.1, 0.15) is 41.7 Å². The minimum absolute atomic E-state index is 0.0450. The van der Waals surface area contributed by atoms with Crippen LogP contribution in [-0.2, 0) is 11.0 Å². The minimum atomic E-state index is -4.73. The Balaban J connectivity index is 1.26. The van der Waals surface area contributed by atoms with Gasteiger partial charge in [-0.2, -0.15) is 13.2 Å². The maximum absolute atomic E-state index is 14.0. The molecule has 3 aliphatic rings. The van der Waals surface area contributed by atoms with Crippen molar-refractivity contribution in [3.8, 4) is 11.5 Å². The molecule has 2 aromatic carbocycles. The first-order valence-corrected chi connectivity index (χ1v) is 12.9. The molecule has 0 atom stereocenters. The second-order valence-electron chi connectivity index (χ2n) is 9.82. The fourth-order valence-electron chi connectivity index (χ4n) is 5.19. The lowest BCUT2D eigenvalue weighted by Gasteiger charge is -2.45. The number of anilines is 3. The summed E-state index contributed by atoms with van der Waals surface area (Å²) in [6, 6.07) is 11.3. The van der Waals surface area contributed by atoms with Crippen LogP contribution < -0.4 is 30.3 Å². The molecule has 10 nitrogen and oxygen atoms in total. The van der Waals surface area contributed by atoms with E-state index in [1.54, 1.807) is 0 Å². The number of rotatable bonds is 6. The van der Waals surface area contributed by atoms with E-state index in [2.05, 4.69) is 16.0 Å². The molecule has 1 saturated carbocycles. The summed E-state index contributed by atoms with van der Waals surface area (Å²) in [6.45, 7) is 0. The van der Waals surface area contributed by atoms with Gasteiger partial charge in [-0.1, -0.05) is 0 Å². The van der Waals surface area contributed by atoms with Gasteiger partial charge in [0.15, 0.2) is 0 Å². The molecule has 2 aliphatic heterocycles. The number of pyridine rings is 1. The van der Waals surface area contributed by atoms with E-state index in [1.807, 2.05) is 0 Å². The highest BCUT2D eigenvalue weighted by Gasteiger charge is 2.44. The number of amides is 4. The zero-order chi connectivity index (χ0) is 29.3. The van der Waals surface area contributed by atoms with Gasteiger partial charge >= 0.3 is 23.8 Å². The number of fused-ring (bicyclic) bond motifs is 3. The number of piperidine rings is 2.